The smallest absolute Gasteiger partial charge is 0.159 e. The Labute approximate surface area is 107 Å². The van der Waals surface area contributed by atoms with Crippen molar-refractivity contribution in [3.8, 4) is 0 Å². The second kappa shape index (κ2) is 4.60. The lowest BCUT2D eigenvalue weighted by atomic mass is 9.87. The number of aromatic amines is 1. The minimum Gasteiger partial charge on any atom is -0.358 e. The van der Waals surface area contributed by atoms with Gasteiger partial charge in [0, 0.05) is 22.2 Å². The van der Waals surface area contributed by atoms with Gasteiger partial charge in [-0.3, -0.25) is 4.79 Å². The molecule has 0 bridgehead atoms. The van der Waals surface area contributed by atoms with E-state index in [9.17, 15) is 4.79 Å². The minimum absolute atomic E-state index is 0.136. The van der Waals surface area contributed by atoms with E-state index in [0.29, 0.717) is 5.92 Å². The highest BCUT2D eigenvalue weighted by Crippen LogP contribution is 2.33. The minimum atomic E-state index is 0.136. The summed E-state index contributed by atoms with van der Waals surface area (Å²) in [5.74, 6) is 0.823. The van der Waals surface area contributed by atoms with E-state index in [0.717, 1.165) is 11.1 Å². The number of ketones is 1. The van der Waals surface area contributed by atoms with E-state index >= 15 is 0 Å². The number of H-pyrrole nitrogens is 1. The van der Waals surface area contributed by atoms with Crippen LogP contribution in [0.1, 0.15) is 61.0 Å². The fraction of sp³-hybridized carbons (Fsp3) is 0.438. The molecule has 0 amide bonds. The summed E-state index contributed by atoms with van der Waals surface area (Å²) in [6, 6.07) is 8.17. The van der Waals surface area contributed by atoms with Crippen molar-refractivity contribution in [2.45, 2.75) is 44.9 Å². The van der Waals surface area contributed by atoms with Crippen molar-refractivity contribution in [3.05, 3.63) is 35.5 Å². The number of carbonyl (C=O) groups is 1. The summed E-state index contributed by atoms with van der Waals surface area (Å²) >= 11 is 0. The monoisotopic (exact) mass is 241 g/mol. The first kappa shape index (κ1) is 11.5. The summed E-state index contributed by atoms with van der Waals surface area (Å²) in [6.45, 7) is 1.62. The highest BCUT2D eigenvalue weighted by Gasteiger charge is 2.17. The van der Waals surface area contributed by atoms with Crippen LogP contribution < -0.4 is 0 Å². The van der Waals surface area contributed by atoms with Crippen LogP contribution in [0.15, 0.2) is 24.3 Å². The highest BCUT2D eigenvalue weighted by atomic mass is 16.1. The van der Waals surface area contributed by atoms with Crippen LogP contribution in [-0.4, -0.2) is 10.8 Å². The van der Waals surface area contributed by atoms with Gasteiger partial charge in [0.05, 0.1) is 0 Å². The predicted molar refractivity (Wildman–Crippen MR) is 74.1 cm³/mol. The van der Waals surface area contributed by atoms with Gasteiger partial charge in [0.2, 0.25) is 0 Å². The Hall–Kier alpha value is -1.57. The molecule has 0 unspecified atom stereocenters. The Kier molecular flexibility index (Phi) is 2.94. The summed E-state index contributed by atoms with van der Waals surface area (Å²) in [7, 11) is 0. The molecule has 3 rings (SSSR count). The lowest BCUT2D eigenvalue weighted by Crippen LogP contribution is -2.04. The third kappa shape index (κ3) is 2.07. The van der Waals surface area contributed by atoms with Gasteiger partial charge in [-0.25, -0.2) is 0 Å². The molecular weight excluding hydrogens is 222 g/mol. The molecule has 0 radical (unpaired) electrons. The van der Waals surface area contributed by atoms with Gasteiger partial charge in [0.1, 0.15) is 0 Å². The number of nitrogens with one attached hydrogen (secondary N) is 1. The zero-order valence-corrected chi connectivity index (χ0v) is 10.8. The molecule has 1 aliphatic rings. The second-order valence-corrected chi connectivity index (χ2v) is 5.42. The van der Waals surface area contributed by atoms with Gasteiger partial charge in [-0.05, 0) is 49.9 Å². The van der Waals surface area contributed by atoms with Crippen LogP contribution in [-0.2, 0) is 0 Å². The topological polar surface area (TPSA) is 32.9 Å². The van der Waals surface area contributed by atoms with Crippen molar-refractivity contribution >= 4 is 16.7 Å². The van der Waals surface area contributed by atoms with Crippen LogP contribution in [0.25, 0.3) is 10.9 Å². The van der Waals surface area contributed by atoms with Crippen molar-refractivity contribution in [3.63, 3.8) is 0 Å². The molecule has 2 heteroatoms. The summed E-state index contributed by atoms with van der Waals surface area (Å²) in [5, 5.41) is 1.17. The van der Waals surface area contributed by atoms with Crippen molar-refractivity contribution in [1.82, 2.24) is 4.98 Å². The van der Waals surface area contributed by atoms with Gasteiger partial charge in [-0.15, -0.1) is 0 Å². The van der Waals surface area contributed by atoms with Crippen LogP contribution >= 0.6 is 0 Å². The number of aromatic nitrogens is 1. The Morgan fingerprint density at radius 3 is 2.67 bits per heavy atom. The molecule has 1 N–H and O–H groups in total. The quantitative estimate of drug-likeness (QED) is 0.776. The summed E-state index contributed by atoms with van der Waals surface area (Å²) in [6.07, 6.45) is 6.67. The first-order chi connectivity index (χ1) is 8.74. The predicted octanol–water partition coefficient (Wildman–Crippen LogP) is 4.42. The van der Waals surface area contributed by atoms with E-state index in [1.165, 1.54) is 43.2 Å². The van der Waals surface area contributed by atoms with E-state index < -0.39 is 0 Å². The van der Waals surface area contributed by atoms with Crippen molar-refractivity contribution in [2.24, 2.45) is 0 Å². The maximum absolute atomic E-state index is 11.4. The largest absolute Gasteiger partial charge is 0.358 e. The average molecular weight is 241 g/mol. The molecule has 1 aromatic heterocycles. The Morgan fingerprint density at radius 2 is 1.94 bits per heavy atom. The number of hydrogen-bond donors (Lipinski definition) is 1. The molecule has 94 valence electrons. The standard InChI is InChI=1S/C16H19NO/c1-11(18)13-7-8-15-14(9-13)10-16(17-15)12-5-3-2-4-6-12/h7-10,12,17H,2-6H2,1H3. The fourth-order valence-corrected chi connectivity index (χ4v) is 3.01. The molecule has 18 heavy (non-hydrogen) atoms. The summed E-state index contributed by atoms with van der Waals surface area (Å²) in [4.78, 5) is 14.9. The van der Waals surface area contributed by atoms with E-state index in [1.54, 1.807) is 6.92 Å². The Bertz CT molecular complexity index is 576. The lowest BCUT2D eigenvalue weighted by Gasteiger charge is -2.20. The number of carbonyl (C=O) groups excluding carboxylic acids is 1. The molecule has 1 heterocycles. The van der Waals surface area contributed by atoms with Crippen LogP contribution in [0.5, 0.6) is 0 Å². The van der Waals surface area contributed by atoms with Gasteiger partial charge in [0.15, 0.2) is 5.78 Å². The van der Waals surface area contributed by atoms with Gasteiger partial charge in [0.25, 0.3) is 0 Å². The number of rotatable bonds is 2. The molecule has 1 fully saturated rings. The molecule has 1 saturated carbocycles. The van der Waals surface area contributed by atoms with E-state index in [-0.39, 0.29) is 5.78 Å². The molecule has 0 spiro atoms. The Morgan fingerprint density at radius 1 is 1.17 bits per heavy atom. The van der Waals surface area contributed by atoms with Crippen LogP contribution in [0.2, 0.25) is 0 Å². The average Bonchev–Trinajstić information content (AvgIpc) is 2.82. The molecule has 2 nitrogen and oxygen atoms in total. The molecule has 0 aliphatic heterocycles. The molecule has 2 aromatic rings. The van der Waals surface area contributed by atoms with Crippen molar-refractivity contribution in [1.29, 1.82) is 0 Å². The molecular formula is C16H19NO. The molecule has 0 atom stereocenters. The van der Waals surface area contributed by atoms with Gasteiger partial charge in [-0.2, -0.15) is 0 Å². The molecule has 0 saturated heterocycles. The summed E-state index contributed by atoms with van der Waals surface area (Å²) < 4.78 is 0. The molecule has 1 aromatic carbocycles. The number of Topliss-reactive ketones (excluding diaryl/α,β-unsaturated/α-hetero) is 1. The van der Waals surface area contributed by atoms with Gasteiger partial charge < -0.3 is 4.98 Å². The maximum atomic E-state index is 11.4. The van der Waals surface area contributed by atoms with Crippen molar-refractivity contribution in [2.75, 3.05) is 0 Å². The van der Waals surface area contributed by atoms with Gasteiger partial charge in [-0.1, -0.05) is 19.3 Å². The first-order valence-electron chi connectivity index (χ1n) is 6.87. The third-order valence-corrected chi connectivity index (χ3v) is 4.09. The number of fused-ring (bicyclic) bond motifs is 1. The normalized spacial score (nSPS) is 17.2. The van der Waals surface area contributed by atoms with Crippen LogP contribution in [0.3, 0.4) is 0 Å². The van der Waals surface area contributed by atoms with Crippen LogP contribution in [0.4, 0.5) is 0 Å². The Balaban J connectivity index is 1.97. The third-order valence-electron chi connectivity index (χ3n) is 4.09. The zero-order valence-electron chi connectivity index (χ0n) is 10.8. The summed E-state index contributed by atoms with van der Waals surface area (Å²) in [5.41, 5.74) is 3.31. The van der Waals surface area contributed by atoms with Crippen LogP contribution in [0, 0.1) is 0 Å². The SMILES string of the molecule is CC(=O)c1ccc2[nH]c(C3CCCCC3)cc2c1. The van der Waals surface area contributed by atoms with E-state index in [4.69, 9.17) is 0 Å². The van der Waals surface area contributed by atoms with E-state index in [2.05, 4.69) is 11.1 Å². The first-order valence-corrected chi connectivity index (χ1v) is 6.87. The fourth-order valence-electron chi connectivity index (χ4n) is 3.01. The van der Waals surface area contributed by atoms with E-state index in [1.807, 2.05) is 18.2 Å². The lowest BCUT2D eigenvalue weighted by molar-refractivity contribution is 0.101. The maximum Gasteiger partial charge on any atom is 0.159 e. The number of hydrogen-bond acceptors (Lipinski definition) is 1. The zero-order chi connectivity index (χ0) is 12.5. The number of benzene rings is 1. The molecule has 1 aliphatic carbocycles. The highest BCUT2D eigenvalue weighted by molar-refractivity contribution is 5.98. The van der Waals surface area contributed by atoms with Crippen molar-refractivity contribution < 1.29 is 4.79 Å². The second-order valence-electron chi connectivity index (χ2n) is 5.42. The van der Waals surface area contributed by atoms with Gasteiger partial charge >= 0.3 is 0 Å².